The van der Waals surface area contributed by atoms with Crippen molar-refractivity contribution in [2.75, 3.05) is 6.79 Å². The normalized spacial score (nSPS) is 20.1. The molecule has 0 fully saturated rings. The molecule has 0 saturated carbocycles. The lowest BCUT2D eigenvalue weighted by molar-refractivity contribution is -0.114. The first kappa shape index (κ1) is 12.1. The Balaban J connectivity index is 2.14. The summed E-state index contributed by atoms with van der Waals surface area (Å²) in [6, 6.07) is 3.78. The third-order valence-electron chi connectivity index (χ3n) is 3.66. The van der Waals surface area contributed by atoms with Crippen LogP contribution < -0.4 is 14.2 Å². The first-order valence-corrected chi connectivity index (χ1v) is 6.45. The molecule has 4 nitrogen and oxygen atoms in total. The van der Waals surface area contributed by atoms with Crippen molar-refractivity contribution in [3.8, 4) is 17.2 Å². The molecule has 19 heavy (non-hydrogen) atoms. The van der Waals surface area contributed by atoms with Crippen LogP contribution in [0.3, 0.4) is 0 Å². The summed E-state index contributed by atoms with van der Waals surface area (Å²) >= 11 is 0. The molecule has 0 spiro atoms. The maximum Gasteiger partial charge on any atom is 0.231 e. The van der Waals surface area contributed by atoms with Crippen LogP contribution in [0.25, 0.3) is 0 Å². The lowest BCUT2D eigenvalue weighted by Gasteiger charge is -2.28. The second-order valence-electron chi connectivity index (χ2n) is 4.83. The Morgan fingerprint density at radius 2 is 1.95 bits per heavy atom. The van der Waals surface area contributed by atoms with E-state index >= 15 is 0 Å². The first-order valence-electron chi connectivity index (χ1n) is 6.45. The molecule has 3 rings (SSSR count). The quantitative estimate of drug-likeness (QED) is 0.819. The van der Waals surface area contributed by atoms with Gasteiger partial charge < -0.3 is 14.2 Å². The highest BCUT2D eigenvalue weighted by Gasteiger charge is 2.31. The predicted octanol–water partition coefficient (Wildman–Crippen LogP) is 3.16. The zero-order valence-electron chi connectivity index (χ0n) is 11.3. The largest absolute Gasteiger partial charge is 0.461 e. The van der Waals surface area contributed by atoms with E-state index in [0.717, 1.165) is 29.1 Å². The van der Waals surface area contributed by atoms with Crippen molar-refractivity contribution in [2.45, 2.75) is 33.1 Å². The zero-order valence-corrected chi connectivity index (χ0v) is 11.3. The molecule has 0 unspecified atom stereocenters. The highest BCUT2D eigenvalue weighted by Crippen LogP contribution is 2.47. The van der Waals surface area contributed by atoms with E-state index in [9.17, 15) is 4.79 Å². The number of carbonyl (C=O) groups is 1. The molecule has 1 aromatic rings. The van der Waals surface area contributed by atoms with E-state index in [1.807, 2.05) is 19.1 Å². The van der Waals surface area contributed by atoms with Gasteiger partial charge in [-0.2, -0.15) is 0 Å². The van der Waals surface area contributed by atoms with E-state index in [2.05, 4.69) is 6.92 Å². The summed E-state index contributed by atoms with van der Waals surface area (Å²) < 4.78 is 16.5. The number of allylic oxidation sites excluding steroid dienone is 2. The van der Waals surface area contributed by atoms with E-state index < -0.39 is 0 Å². The smallest absolute Gasteiger partial charge is 0.231 e. The number of hydrogen-bond acceptors (Lipinski definition) is 4. The van der Waals surface area contributed by atoms with Crippen molar-refractivity contribution in [2.24, 2.45) is 0 Å². The number of benzene rings is 1. The molecule has 0 aliphatic carbocycles. The minimum atomic E-state index is 0.0627. The molecule has 2 aliphatic rings. The third-order valence-corrected chi connectivity index (χ3v) is 3.66. The lowest BCUT2D eigenvalue weighted by atomic mass is 9.84. The Hall–Kier alpha value is -1.97. The van der Waals surface area contributed by atoms with E-state index in [-0.39, 0.29) is 18.5 Å². The van der Waals surface area contributed by atoms with E-state index in [4.69, 9.17) is 14.2 Å². The number of Topliss-reactive ketones (excluding diaryl/α,β-unsaturated/α-hetero) is 1. The highest BCUT2D eigenvalue weighted by molar-refractivity contribution is 5.96. The van der Waals surface area contributed by atoms with Gasteiger partial charge in [0.25, 0.3) is 0 Å². The van der Waals surface area contributed by atoms with Gasteiger partial charge in [0.05, 0.1) is 0 Å². The van der Waals surface area contributed by atoms with E-state index in [1.54, 1.807) is 6.92 Å². The third kappa shape index (κ3) is 1.79. The monoisotopic (exact) mass is 260 g/mol. The van der Waals surface area contributed by atoms with Gasteiger partial charge in [0, 0.05) is 23.1 Å². The summed E-state index contributed by atoms with van der Waals surface area (Å²) in [4.78, 5) is 11.8. The van der Waals surface area contributed by atoms with Crippen LogP contribution >= 0.6 is 0 Å². The lowest BCUT2D eigenvalue weighted by Crippen LogP contribution is -2.18. The summed E-state index contributed by atoms with van der Waals surface area (Å²) in [5, 5.41) is 0. The van der Waals surface area contributed by atoms with Crippen LogP contribution in [0, 0.1) is 0 Å². The van der Waals surface area contributed by atoms with Crippen LogP contribution in [0.1, 0.15) is 38.7 Å². The molecule has 0 aromatic heterocycles. The summed E-state index contributed by atoms with van der Waals surface area (Å²) in [5.74, 6) is 3.00. The minimum absolute atomic E-state index is 0.0627. The fourth-order valence-corrected chi connectivity index (χ4v) is 2.84. The second-order valence-corrected chi connectivity index (χ2v) is 4.83. The minimum Gasteiger partial charge on any atom is -0.461 e. The van der Waals surface area contributed by atoms with Gasteiger partial charge in [0.2, 0.25) is 6.79 Å². The standard InChI is InChI=1S/C15H16O4/c1-4-10-11-5-13-14(18-7-17-13)6-12(11)19-9(3)15(10)8(2)16/h5-6,10H,4,7H2,1-3H3/t10-/m0/s1. The van der Waals surface area contributed by atoms with Gasteiger partial charge in [-0.15, -0.1) is 0 Å². The fourth-order valence-electron chi connectivity index (χ4n) is 2.84. The molecule has 1 aromatic carbocycles. The second kappa shape index (κ2) is 4.30. The highest BCUT2D eigenvalue weighted by atomic mass is 16.7. The van der Waals surface area contributed by atoms with Crippen LogP contribution in [0.2, 0.25) is 0 Å². The zero-order chi connectivity index (χ0) is 13.6. The number of rotatable bonds is 2. The topological polar surface area (TPSA) is 44.8 Å². The molecule has 0 radical (unpaired) electrons. The molecule has 0 N–H and O–H groups in total. The van der Waals surface area contributed by atoms with Crippen molar-refractivity contribution >= 4 is 5.78 Å². The van der Waals surface area contributed by atoms with Crippen molar-refractivity contribution in [3.05, 3.63) is 29.0 Å². The first-order chi connectivity index (χ1) is 9.11. The van der Waals surface area contributed by atoms with Crippen molar-refractivity contribution in [1.29, 1.82) is 0 Å². The molecule has 4 heteroatoms. The van der Waals surface area contributed by atoms with Gasteiger partial charge in [-0.25, -0.2) is 0 Å². The Labute approximate surface area is 112 Å². The average Bonchev–Trinajstić information content (AvgIpc) is 2.81. The van der Waals surface area contributed by atoms with Gasteiger partial charge >= 0.3 is 0 Å². The van der Waals surface area contributed by atoms with Crippen molar-refractivity contribution in [3.63, 3.8) is 0 Å². The predicted molar refractivity (Wildman–Crippen MR) is 69.6 cm³/mol. The molecule has 0 amide bonds. The molecule has 0 saturated heterocycles. The Morgan fingerprint density at radius 3 is 2.58 bits per heavy atom. The van der Waals surface area contributed by atoms with Gasteiger partial charge in [-0.05, 0) is 26.3 Å². The molecule has 100 valence electrons. The summed E-state index contributed by atoms with van der Waals surface area (Å²) in [5.41, 5.74) is 1.76. The van der Waals surface area contributed by atoms with Gasteiger partial charge in [0.1, 0.15) is 11.5 Å². The Morgan fingerprint density at radius 1 is 1.26 bits per heavy atom. The molecule has 2 aliphatic heterocycles. The van der Waals surface area contributed by atoms with Crippen molar-refractivity contribution < 1.29 is 19.0 Å². The van der Waals surface area contributed by atoms with Crippen LogP contribution in [-0.4, -0.2) is 12.6 Å². The van der Waals surface area contributed by atoms with E-state index in [0.29, 0.717) is 11.5 Å². The number of carbonyl (C=O) groups excluding carboxylic acids is 1. The summed E-state index contributed by atoms with van der Waals surface area (Å²) in [6.45, 7) is 5.73. The molecular formula is C15H16O4. The fraction of sp³-hybridized carbons (Fsp3) is 0.400. The molecule has 2 heterocycles. The van der Waals surface area contributed by atoms with E-state index in [1.165, 1.54) is 0 Å². The number of ether oxygens (including phenoxy) is 3. The maximum absolute atomic E-state index is 11.8. The van der Waals surface area contributed by atoms with Crippen LogP contribution in [-0.2, 0) is 4.79 Å². The van der Waals surface area contributed by atoms with Gasteiger partial charge in [-0.3, -0.25) is 4.79 Å². The van der Waals surface area contributed by atoms with Crippen LogP contribution in [0.15, 0.2) is 23.5 Å². The van der Waals surface area contributed by atoms with Gasteiger partial charge in [0.15, 0.2) is 17.3 Å². The molecule has 0 bridgehead atoms. The van der Waals surface area contributed by atoms with Gasteiger partial charge in [-0.1, -0.05) is 6.92 Å². The number of fused-ring (bicyclic) bond motifs is 2. The number of ketones is 1. The van der Waals surface area contributed by atoms with Crippen LogP contribution in [0.4, 0.5) is 0 Å². The average molecular weight is 260 g/mol. The summed E-state index contributed by atoms with van der Waals surface area (Å²) in [7, 11) is 0. The van der Waals surface area contributed by atoms with Crippen molar-refractivity contribution in [1.82, 2.24) is 0 Å². The number of hydrogen-bond donors (Lipinski definition) is 0. The maximum atomic E-state index is 11.8. The summed E-state index contributed by atoms with van der Waals surface area (Å²) in [6.07, 6.45) is 0.849. The SMILES string of the molecule is CC[C@@H]1C(C(C)=O)=C(C)Oc2cc3c(cc21)OCO3. The molecular weight excluding hydrogens is 244 g/mol. The Kier molecular flexibility index (Phi) is 2.73. The molecule has 1 atom stereocenters. The van der Waals surface area contributed by atoms with Crippen LogP contribution in [0.5, 0.6) is 17.2 Å². The Bertz CT molecular complexity index is 586.